The number of aryl methyl sites for hydroxylation is 1. The standard InChI is InChI=1S/C18H26N4OSi/c1-8-13-14-12(9-10-24(5,6)7)11-19-15(14)21-17(20-13)22-16(23)18(2,3)4/h11H,8H2,1-7H3,(H2,19,20,21,22,23). The number of fused-ring (bicyclic) bond motifs is 1. The summed E-state index contributed by atoms with van der Waals surface area (Å²) in [6, 6.07) is 0. The second kappa shape index (κ2) is 6.40. The molecule has 0 spiro atoms. The molecule has 2 aromatic rings. The smallest absolute Gasteiger partial charge is 0.232 e. The molecule has 1 amide bonds. The Morgan fingerprint density at radius 2 is 1.96 bits per heavy atom. The number of aromatic nitrogens is 3. The van der Waals surface area contributed by atoms with Gasteiger partial charge in [0.15, 0.2) is 0 Å². The summed E-state index contributed by atoms with van der Waals surface area (Å²) in [4.78, 5) is 24.3. The summed E-state index contributed by atoms with van der Waals surface area (Å²) in [5, 5.41) is 3.76. The van der Waals surface area contributed by atoms with Crippen LogP contribution in [0.4, 0.5) is 5.95 Å². The van der Waals surface area contributed by atoms with Crippen LogP contribution in [0.1, 0.15) is 39.0 Å². The van der Waals surface area contributed by atoms with Gasteiger partial charge in [-0.25, -0.2) is 4.98 Å². The van der Waals surface area contributed by atoms with E-state index < -0.39 is 13.5 Å². The fourth-order valence-electron chi connectivity index (χ4n) is 2.06. The van der Waals surface area contributed by atoms with Crippen molar-refractivity contribution in [3.05, 3.63) is 17.5 Å². The van der Waals surface area contributed by atoms with Crippen LogP contribution in [0.2, 0.25) is 19.6 Å². The lowest BCUT2D eigenvalue weighted by Crippen LogP contribution is -2.28. The van der Waals surface area contributed by atoms with E-state index in [1.807, 2.05) is 33.9 Å². The summed E-state index contributed by atoms with van der Waals surface area (Å²) in [6.07, 6.45) is 2.62. The maximum absolute atomic E-state index is 12.2. The Bertz CT molecular complexity index is 829. The Kier molecular flexibility index (Phi) is 4.86. The van der Waals surface area contributed by atoms with Crippen molar-refractivity contribution < 1.29 is 4.79 Å². The van der Waals surface area contributed by atoms with E-state index >= 15 is 0 Å². The molecule has 0 aliphatic rings. The highest BCUT2D eigenvalue weighted by Crippen LogP contribution is 2.23. The molecule has 6 heteroatoms. The van der Waals surface area contributed by atoms with Crippen LogP contribution < -0.4 is 5.32 Å². The number of carbonyl (C=O) groups excluding carboxylic acids is 1. The lowest BCUT2D eigenvalue weighted by molar-refractivity contribution is -0.123. The van der Waals surface area contributed by atoms with Crippen molar-refractivity contribution in [3.63, 3.8) is 0 Å². The second-order valence-electron chi connectivity index (χ2n) is 7.98. The van der Waals surface area contributed by atoms with Crippen LogP contribution in [0, 0.1) is 16.9 Å². The highest BCUT2D eigenvalue weighted by molar-refractivity contribution is 6.83. The Labute approximate surface area is 144 Å². The third-order valence-corrected chi connectivity index (χ3v) is 4.30. The summed E-state index contributed by atoms with van der Waals surface area (Å²) in [5.74, 6) is 3.52. The molecule has 0 fully saturated rings. The molecule has 0 radical (unpaired) electrons. The van der Waals surface area contributed by atoms with E-state index in [0.29, 0.717) is 11.6 Å². The molecule has 5 nitrogen and oxygen atoms in total. The largest absolute Gasteiger partial charge is 0.345 e. The monoisotopic (exact) mass is 342 g/mol. The van der Waals surface area contributed by atoms with Crippen LogP contribution in [0.25, 0.3) is 11.0 Å². The van der Waals surface area contributed by atoms with Crippen molar-refractivity contribution in [2.75, 3.05) is 5.32 Å². The van der Waals surface area contributed by atoms with Gasteiger partial charge < -0.3 is 4.98 Å². The summed E-state index contributed by atoms with van der Waals surface area (Å²) < 4.78 is 0. The van der Waals surface area contributed by atoms with Crippen molar-refractivity contribution in [2.24, 2.45) is 5.41 Å². The van der Waals surface area contributed by atoms with Crippen LogP contribution in [-0.2, 0) is 11.2 Å². The van der Waals surface area contributed by atoms with Gasteiger partial charge in [-0.1, -0.05) is 53.3 Å². The second-order valence-corrected chi connectivity index (χ2v) is 12.7. The minimum absolute atomic E-state index is 0.103. The van der Waals surface area contributed by atoms with Crippen molar-refractivity contribution in [3.8, 4) is 11.5 Å². The fraction of sp³-hybridized carbons (Fsp3) is 0.500. The van der Waals surface area contributed by atoms with Gasteiger partial charge in [0.05, 0.1) is 16.6 Å². The number of H-pyrrole nitrogens is 1. The zero-order valence-corrected chi connectivity index (χ0v) is 16.6. The van der Waals surface area contributed by atoms with Gasteiger partial charge in [0.1, 0.15) is 13.7 Å². The molecule has 2 heterocycles. The molecule has 24 heavy (non-hydrogen) atoms. The number of nitrogens with one attached hydrogen (secondary N) is 2. The summed E-state index contributed by atoms with van der Waals surface area (Å²) in [6.45, 7) is 14.3. The van der Waals surface area contributed by atoms with E-state index in [9.17, 15) is 4.79 Å². The average Bonchev–Trinajstić information content (AvgIpc) is 2.85. The Hall–Kier alpha value is -2.13. The van der Waals surface area contributed by atoms with E-state index in [1.54, 1.807) is 0 Å². The number of aromatic amines is 1. The third kappa shape index (κ3) is 4.23. The summed E-state index contributed by atoms with van der Waals surface area (Å²) >= 11 is 0. The Balaban J connectivity index is 2.48. The first-order valence-corrected chi connectivity index (χ1v) is 11.7. The first-order valence-electron chi connectivity index (χ1n) is 8.24. The Morgan fingerprint density at radius 1 is 1.29 bits per heavy atom. The van der Waals surface area contributed by atoms with E-state index in [-0.39, 0.29) is 5.91 Å². The van der Waals surface area contributed by atoms with Gasteiger partial charge in [-0.3, -0.25) is 10.1 Å². The molecule has 0 bridgehead atoms. The van der Waals surface area contributed by atoms with Crippen LogP contribution in [-0.4, -0.2) is 28.9 Å². The predicted octanol–water partition coefficient (Wildman–Crippen LogP) is 3.73. The van der Waals surface area contributed by atoms with Gasteiger partial charge in [0.25, 0.3) is 0 Å². The molecular weight excluding hydrogens is 316 g/mol. The highest BCUT2D eigenvalue weighted by Gasteiger charge is 2.23. The number of amides is 1. The molecule has 128 valence electrons. The van der Waals surface area contributed by atoms with Gasteiger partial charge in [0, 0.05) is 11.6 Å². The molecule has 0 unspecified atom stereocenters. The summed E-state index contributed by atoms with van der Waals surface area (Å²) in [5.41, 5.74) is 5.42. The number of carbonyl (C=O) groups is 1. The van der Waals surface area contributed by atoms with Crippen LogP contribution in [0.3, 0.4) is 0 Å². The first-order chi connectivity index (χ1) is 11.0. The molecule has 2 rings (SSSR count). The number of nitrogens with zero attached hydrogens (tertiary/aromatic N) is 2. The SMILES string of the molecule is CCc1nc(NC(=O)C(C)(C)C)nc2[nH]cc(C#C[Si](C)(C)C)c12. The maximum atomic E-state index is 12.2. The van der Waals surface area contributed by atoms with Crippen LogP contribution in [0.5, 0.6) is 0 Å². The number of hydrogen-bond donors (Lipinski definition) is 2. The lowest BCUT2D eigenvalue weighted by atomic mass is 9.96. The average molecular weight is 343 g/mol. The molecule has 0 aliphatic carbocycles. The number of anilines is 1. The van der Waals surface area contributed by atoms with Crippen LogP contribution in [0.15, 0.2) is 6.20 Å². The van der Waals surface area contributed by atoms with E-state index in [0.717, 1.165) is 23.1 Å². The molecule has 2 N–H and O–H groups in total. The predicted molar refractivity (Wildman–Crippen MR) is 102 cm³/mol. The highest BCUT2D eigenvalue weighted by atomic mass is 28.3. The normalized spacial score (nSPS) is 12.0. The van der Waals surface area contributed by atoms with E-state index in [1.165, 1.54) is 0 Å². The van der Waals surface area contributed by atoms with Gasteiger partial charge in [-0.15, -0.1) is 5.54 Å². The third-order valence-electron chi connectivity index (χ3n) is 3.42. The molecule has 0 saturated carbocycles. The quantitative estimate of drug-likeness (QED) is 0.645. The van der Waals surface area contributed by atoms with Crippen molar-refractivity contribution in [1.82, 2.24) is 15.0 Å². The number of hydrogen-bond acceptors (Lipinski definition) is 3. The van der Waals surface area contributed by atoms with Gasteiger partial charge >= 0.3 is 0 Å². The summed E-state index contributed by atoms with van der Waals surface area (Å²) in [7, 11) is -1.45. The maximum Gasteiger partial charge on any atom is 0.232 e. The molecule has 0 saturated heterocycles. The van der Waals surface area contributed by atoms with E-state index in [4.69, 9.17) is 0 Å². The van der Waals surface area contributed by atoms with Crippen molar-refractivity contribution >= 4 is 31.0 Å². The van der Waals surface area contributed by atoms with Gasteiger partial charge in [-0.2, -0.15) is 4.98 Å². The zero-order valence-electron chi connectivity index (χ0n) is 15.6. The zero-order chi connectivity index (χ0) is 18.1. The minimum Gasteiger partial charge on any atom is -0.345 e. The van der Waals surface area contributed by atoms with Crippen LogP contribution >= 0.6 is 0 Å². The fourth-order valence-corrected chi connectivity index (χ4v) is 2.57. The molecule has 0 atom stereocenters. The topological polar surface area (TPSA) is 70.7 Å². The molecular formula is C18H26N4OSi. The lowest BCUT2D eigenvalue weighted by Gasteiger charge is -2.17. The molecule has 0 aromatic carbocycles. The molecule has 0 aliphatic heterocycles. The molecule has 2 aromatic heterocycles. The van der Waals surface area contributed by atoms with E-state index in [2.05, 4.69) is 51.4 Å². The van der Waals surface area contributed by atoms with Crippen molar-refractivity contribution in [2.45, 2.75) is 53.8 Å². The Morgan fingerprint density at radius 3 is 2.50 bits per heavy atom. The minimum atomic E-state index is -1.45. The van der Waals surface area contributed by atoms with Gasteiger partial charge in [-0.05, 0) is 6.42 Å². The first kappa shape index (κ1) is 18.2. The van der Waals surface area contributed by atoms with Crippen molar-refractivity contribution in [1.29, 1.82) is 0 Å². The van der Waals surface area contributed by atoms with Gasteiger partial charge in [0.2, 0.25) is 11.9 Å². The number of rotatable bonds is 2.